The van der Waals surface area contributed by atoms with Gasteiger partial charge in [0.15, 0.2) is 0 Å². The van der Waals surface area contributed by atoms with Crippen LogP contribution in [0.15, 0.2) is 24.5 Å². The molecule has 0 heterocycles. The molecule has 0 aromatic heterocycles. The molecule has 0 fully saturated rings. The third-order valence-corrected chi connectivity index (χ3v) is 2.41. The molecule has 1 aromatic carbocycles. The van der Waals surface area contributed by atoms with Gasteiger partial charge in [-0.1, -0.05) is 0 Å². The van der Waals surface area contributed by atoms with Crippen molar-refractivity contribution in [3.8, 4) is 0 Å². The van der Waals surface area contributed by atoms with Gasteiger partial charge in [0.1, 0.15) is 11.6 Å². The highest BCUT2D eigenvalue weighted by Gasteiger charge is 2.12. The summed E-state index contributed by atoms with van der Waals surface area (Å²) >= 11 is 0. The molecule has 0 aliphatic rings. The van der Waals surface area contributed by atoms with Crippen molar-refractivity contribution in [2.45, 2.75) is 19.6 Å². The largest absolute Gasteiger partial charge is 0.550 e. The van der Waals surface area contributed by atoms with Crippen LogP contribution in [0.1, 0.15) is 5.56 Å². The Hall–Kier alpha value is -1.16. The summed E-state index contributed by atoms with van der Waals surface area (Å²) in [7, 11) is -1.61. The fourth-order valence-corrected chi connectivity index (χ4v) is 1.46. The summed E-state index contributed by atoms with van der Waals surface area (Å²) in [5, 5.41) is 0. The van der Waals surface area contributed by atoms with Crippen LogP contribution in [-0.4, -0.2) is 8.32 Å². The van der Waals surface area contributed by atoms with E-state index in [1.54, 1.807) is 6.08 Å². The maximum atomic E-state index is 12.8. The van der Waals surface area contributed by atoms with Gasteiger partial charge >= 0.3 is 0 Å². The third-order valence-electron chi connectivity index (χ3n) is 1.57. The molecule has 0 N–H and O–H groups in total. The minimum Gasteiger partial charge on any atom is -0.550 e. The van der Waals surface area contributed by atoms with Gasteiger partial charge in [-0.25, -0.2) is 8.78 Å². The second-order valence-electron chi connectivity index (χ2n) is 4.24. The summed E-state index contributed by atoms with van der Waals surface area (Å²) in [6.45, 7) is 6.09. The zero-order chi connectivity index (χ0) is 11.5. The second-order valence-corrected chi connectivity index (χ2v) is 8.70. The Balaban J connectivity index is 2.72. The first-order valence-electron chi connectivity index (χ1n) is 4.67. The van der Waals surface area contributed by atoms with E-state index >= 15 is 0 Å². The Labute approximate surface area is 89.5 Å². The number of hydrogen-bond acceptors (Lipinski definition) is 1. The zero-order valence-electron chi connectivity index (χ0n) is 9.05. The van der Waals surface area contributed by atoms with Crippen molar-refractivity contribution >= 4 is 14.4 Å². The molecule has 0 aliphatic heterocycles. The second kappa shape index (κ2) is 4.57. The number of halogens is 2. The van der Waals surface area contributed by atoms with Crippen LogP contribution in [0.2, 0.25) is 19.6 Å². The number of benzene rings is 1. The van der Waals surface area contributed by atoms with Crippen LogP contribution in [0.5, 0.6) is 0 Å². The molecule has 4 heteroatoms. The lowest BCUT2D eigenvalue weighted by molar-refractivity contribution is 0.483. The van der Waals surface area contributed by atoms with Gasteiger partial charge in [-0.2, -0.15) is 0 Å². The highest BCUT2D eigenvalue weighted by Crippen LogP contribution is 2.11. The van der Waals surface area contributed by atoms with E-state index < -0.39 is 20.0 Å². The molecule has 0 atom stereocenters. The van der Waals surface area contributed by atoms with Crippen LogP contribution in [0.3, 0.4) is 0 Å². The Morgan fingerprint density at radius 2 is 1.60 bits per heavy atom. The Bertz CT molecular complexity index is 349. The van der Waals surface area contributed by atoms with Gasteiger partial charge in [0.05, 0.1) is 6.26 Å². The van der Waals surface area contributed by atoms with Crippen LogP contribution in [0, 0.1) is 11.6 Å². The maximum Gasteiger partial charge on any atom is 0.241 e. The highest BCUT2D eigenvalue weighted by atomic mass is 28.4. The minimum atomic E-state index is -1.61. The lowest BCUT2D eigenvalue weighted by Gasteiger charge is -2.14. The van der Waals surface area contributed by atoms with Crippen LogP contribution in [0.4, 0.5) is 8.78 Å². The van der Waals surface area contributed by atoms with Crippen LogP contribution in [-0.2, 0) is 4.43 Å². The van der Waals surface area contributed by atoms with Crippen LogP contribution in [0.25, 0.3) is 6.08 Å². The van der Waals surface area contributed by atoms with E-state index in [4.69, 9.17) is 4.43 Å². The van der Waals surface area contributed by atoms with Gasteiger partial charge in [-0.15, -0.1) is 0 Å². The minimum absolute atomic E-state index is 0.464. The topological polar surface area (TPSA) is 9.23 Å². The van der Waals surface area contributed by atoms with E-state index in [9.17, 15) is 8.78 Å². The lowest BCUT2D eigenvalue weighted by Crippen LogP contribution is -2.21. The van der Waals surface area contributed by atoms with E-state index in [0.29, 0.717) is 5.56 Å². The van der Waals surface area contributed by atoms with Crippen LogP contribution < -0.4 is 0 Å². The van der Waals surface area contributed by atoms with Gasteiger partial charge in [0, 0.05) is 6.07 Å². The van der Waals surface area contributed by atoms with Crippen molar-refractivity contribution in [3.63, 3.8) is 0 Å². The Kier molecular flexibility index (Phi) is 3.63. The first-order chi connectivity index (χ1) is 6.87. The molecular formula is C11H14F2OSi. The van der Waals surface area contributed by atoms with E-state index in [1.165, 1.54) is 18.4 Å². The number of rotatable bonds is 3. The van der Waals surface area contributed by atoms with Gasteiger partial charge in [0.2, 0.25) is 8.32 Å². The third kappa shape index (κ3) is 4.74. The van der Waals surface area contributed by atoms with Crippen molar-refractivity contribution in [3.05, 3.63) is 41.7 Å². The highest BCUT2D eigenvalue weighted by molar-refractivity contribution is 6.69. The van der Waals surface area contributed by atoms with Crippen molar-refractivity contribution in [1.82, 2.24) is 0 Å². The molecule has 1 aromatic rings. The fourth-order valence-electron chi connectivity index (χ4n) is 0.988. The normalized spacial score (nSPS) is 12.1. The van der Waals surface area contributed by atoms with Crippen molar-refractivity contribution in [1.29, 1.82) is 0 Å². The standard InChI is InChI=1S/C11H14F2OSi/c1-15(2,3)14-5-4-9-6-10(12)8-11(13)7-9/h4-8H,1-3H3. The molecule has 0 unspecified atom stereocenters. The maximum absolute atomic E-state index is 12.8. The fraction of sp³-hybridized carbons (Fsp3) is 0.273. The summed E-state index contributed by atoms with van der Waals surface area (Å²) in [6.07, 6.45) is 3.06. The molecule has 82 valence electrons. The molecule has 0 spiro atoms. The molecule has 0 aliphatic carbocycles. The summed E-state index contributed by atoms with van der Waals surface area (Å²) in [4.78, 5) is 0. The van der Waals surface area contributed by atoms with Crippen molar-refractivity contribution < 1.29 is 13.2 Å². The molecule has 1 nitrogen and oxygen atoms in total. The average molecular weight is 228 g/mol. The molecule has 0 bridgehead atoms. The van der Waals surface area contributed by atoms with Gasteiger partial charge in [-0.3, -0.25) is 0 Å². The lowest BCUT2D eigenvalue weighted by atomic mass is 10.2. The SMILES string of the molecule is C[Si](C)(C)OC=Cc1cc(F)cc(F)c1. The van der Waals surface area contributed by atoms with E-state index in [2.05, 4.69) is 0 Å². The quantitative estimate of drug-likeness (QED) is 0.565. The monoisotopic (exact) mass is 228 g/mol. The first-order valence-corrected chi connectivity index (χ1v) is 8.08. The zero-order valence-corrected chi connectivity index (χ0v) is 10.1. The Morgan fingerprint density at radius 3 is 2.07 bits per heavy atom. The molecule has 0 radical (unpaired) electrons. The molecule has 0 amide bonds. The predicted octanol–water partition coefficient (Wildman–Crippen LogP) is 3.79. The van der Waals surface area contributed by atoms with Gasteiger partial charge in [-0.05, 0) is 43.4 Å². The van der Waals surface area contributed by atoms with Gasteiger partial charge in [0.25, 0.3) is 0 Å². The molecule has 0 saturated heterocycles. The molecular weight excluding hydrogens is 214 g/mol. The van der Waals surface area contributed by atoms with Gasteiger partial charge < -0.3 is 4.43 Å². The first kappa shape index (κ1) is 11.9. The van der Waals surface area contributed by atoms with Crippen LogP contribution >= 0.6 is 0 Å². The summed E-state index contributed by atoms with van der Waals surface area (Å²) in [6, 6.07) is 3.36. The Morgan fingerprint density at radius 1 is 1.07 bits per heavy atom. The summed E-state index contributed by atoms with van der Waals surface area (Å²) in [5.41, 5.74) is 0.464. The smallest absolute Gasteiger partial charge is 0.241 e. The van der Waals surface area contributed by atoms with E-state index in [-0.39, 0.29) is 0 Å². The molecule has 0 saturated carbocycles. The van der Waals surface area contributed by atoms with E-state index in [0.717, 1.165) is 6.07 Å². The predicted molar refractivity (Wildman–Crippen MR) is 59.8 cm³/mol. The molecule has 15 heavy (non-hydrogen) atoms. The van der Waals surface area contributed by atoms with Crippen molar-refractivity contribution in [2.24, 2.45) is 0 Å². The average Bonchev–Trinajstić information content (AvgIpc) is 1.99. The van der Waals surface area contributed by atoms with E-state index in [1.807, 2.05) is 19.6 Å². The van der Waals surface area contributed by atoms with Crippen molar-refractivity contribution in [2.75, 3.05) is 0 Å². The number of hydrogen-bond donors (Lipinski definition) is 0. The summed E-state index contributed by atoms with van der Waals surface area (Å²) in [5.74, 6) is -1.16. The summed E-state index contributed by atoms with van der Waals surface area (Å²) < 4.78 is 31.0. The molecule has 1 rings (SSSR count).